The molecule has 0 aromatic carbocycles. The van der Waals surface area contributed by atoms with Crippen LogP contribution < -0.4 is 16.0 Å². The number of carbonyl (C=O) groups excluding carboxylic acids is 1. The SMILES string of the molecule is CCNC(=O)c1sc(N(CC)CC2CCC2)c(C#N)c1N. The number of nitrogen functional groups attached to an aromatic ring is 1. The molecule has 0 unspecified atom stereocenters. The van der Waals surface area contributed by atoms with E-state index in [9.17, 15) is 10.1 Å². The summed E-state index contributed by atoms with van der Waals surface area (Å²) in [5, 5.41) is 13.0. The van der Waals surface area contributed by atoms with Crippen LogP contribution in [-0.2, 0) is 0 Å². The third-order valence-corrected chi connectivity index (χ3v) is 5.22. The highest BCUT2D eigenvalue weighted by Crippen LogP contribution is 2.39. The number of nitrogens with two attached hydrogens (primary N) is 1. The maximum atomic E-state index is 12.0. The summed E-state index contributed by atoms with van der Waals surface area (Å²) in [7, 11) is 0. The van der Waals surface area contributed by atoms with Crippen LogP contribution in [0.1, 0.15) is 48.3 Å². The van der Waals surface area contributed by atoms with Crippen molar-refractivity contribution < 1.29 is 4.79 Å². The predicted octanol–water partition coefficient (Wildman–Crippen LogP) is 2.58. The number of thiophene rings is 1. The summed E-state index contributed by atoms with van der Waals surface area (Å²) < 4.78 is 0. The number of anilines is 2. The first-order chi connectivity index (χ1) is 10.1. The van der Waals surface area contributed by atoms with E-state index in [-0.39, 0.29) is 5.91 Å². The van der Waals surface area contributed by atoms with E-state index < -0.39 is 0 Å². The molecule has 1 aromatic rings. The van der Waals surface area contributed by atoms with Gasteiger partial charge in [-0.15, -0.1) is 11.3 Å². The topological polar surface area (TPSA) is 82.2 Å². The lowest BCUT2D eigenvalue weighted by atomic mass is 9.85. The molecule has 1 amide bonds. The largest absolute Gasteiger partial charge is 0.396 e. The Morgan fingerprint density at radius 3 is 2.71 bits per heavy atom. The fraction of sp³-hybridized carbons (Fsp3) is 0.600. The molecule has 2 rings (SSSR count). The minimum absolute atomic E-state index is 0.192. The van der Waals surface area contributed by atoms with Gasteiger partial charge in [-0.2, -0.15) is 5.26 Å². The Bertz CT molecular complexity index is 557. The van der Waals surface area contributed by atoms with Crippen molar-refractivity contribution in [3.05, 3.63) is 10.4 Å². The Kier molecular flexibility index (Phi) is 5.07. The smallest absolute Gasteiger partial charge is 0.263 e. The zero-order valence-electron chi connectivity index (χ0n) is 12.6. The van der Waals surface area contributed by atoms with Gasteiger partial charge in [0.05, 0.1) is 5.69 Å². The van der Waals surface area contributed by atoms with Gasteiger partial charge >= 0.3 is 0 Å². The zero-order valence-corrected chi connectivity index (χ0v) is 13.4. The van der Waals surface area contributed by atoms with Gasteiger partial charge in [-0.1, -0.05) is 6.42 Å². The molecule has 0 radical (unpaired) electrons. The van der Waals surface area contributed by atoms with E-state index in [1.807, 2.05) is 6.92 Å². The molecule has 1 aliphatic carbocycles. The minimum Gasteiger partial charge on any atom is -0.396 e. The molecule has 0 saturated heterocycles. The van der Waals surface area contributed by atoms with Gasteiger partial charge in [0, 0.05) is 19.6 Å². The maximum absolute atomic E-state index is 12.0. The molecule has 1 fully saturated rings. The van der Waals surface area contributed by atoms with Crippen molar-refractivity contribution >= 4 is 27.9 Å². The first-order valence-corrected chi connectivity index (χ1v) is 8.29. The van der Waals surface area contributed by atoms with Gasteiger partial charge in [-0.25, -0.2) is 0 Å². The number of rotatable bonds is 6. The van der Waals surface area contributed by atoms with E-state index >= 15 is 0 Å². The van der Waals surface area contributed by atoms with Gasteiger partial charge in [0.1, 0.15) is 21.5 Å². The van der Waals surface area contributed by atoms with Crippen LogP contribution in [-0.4, -0.2) is 25.5 Å². The van der Waals surface area contributed by atoms with Crippen LogP contribution in [0.15, 0.2) is 0 Å². The summed E-state index contributed by atoms with van der Waals surface area (Å²) in [4.78, 5) is 14.7. The Morgan fingerprint density at radius 1 is 1.52 bits per heavy atom. The number of nitriles is 1. The average molecular weight is 306 g/mol. The maximum Gasteiger partial charge on any atom is 0.263 e. The third kappa shape index (κ3) is 3.13. The van der Waals surface area contributed by atoms with Gasteiger partial charge in [0.25, 0.3) is 5.91 Å². The van der Waals surface area contributed by atoms with E-state index in [1.54, 1.807) is 0 Å². The highest BCUT2D eigenvalue weighted by Gasteiger charge is 2.26. The quantitative estimate of drug-likeness (QED) is 0.846. The molecule has 1 aromatic heterocycles. The Balaban J connectivity index is 2.30. The molecule has 0 aliphatic heterocycles. The highest BCUT2D eigenvalue weighted by molar-refractivity contribution is 7.19. The van der Waals surface area contributed by atoms with Gasteiger partial charge in [0.2, 0.25) is 0 Å². The lowest BCUT2D eigenvalue weighted by Gasteiger charge is -2.32. The fourth-order valence-electron chi connectivity index (χ4n) is 2.51. The van der Waals surface area contributed by atoms with Crippen LogP contribution in [0, 0.1) is 17.2 Å². The molecule has 0 spiro atoms. The molecule has 3 N–H and O–H groups in total. The van der Waals surface area contributed by atoms with Crippen molar-refractivity contribution in [2.75, 3.05) is 30.3 Å². The monoisotopic (exact) mass is 306 g/mol. The van der Waals surface area contributed by atoms with Crippen LogP contribution >= 0.6 is 11.3 Å². The normalized spacial score (nSPS) is 14.3. The molecule has 5 nitrogen and oxygen atoms in total. The number of nitrogens with one attached hydrogen (secondary N) is 1. The number of nitrogens with zero attached hydrogens (tertiary/aromatic N) is 2. The van der Waals surface area contributed by atoms with E-state index in [2.05, 4.69) is 23.2 Å². The van der Waals surface area contributed by atoms with Crippen molar-refractivity contribution in [1.29, 1.82) is 5.26 Å². The summed E-state index contributed by atoms with van der Waals surface area (Å²) in [6.45, 7) is 6.25. The van der Waals surface area contributed by atoms with Crippen LogP contribution in [0.2, 0.25) is 0 Å². The van der Waals surface area contributed by atoms with Crippen molar-refractivity contribution in [2.24, 2.45) is 5.92 Å². The molecular weight excluding hydrogens is 284 g/mol. The van der Waals surface area contributed by atoms with Crippen molar-refractivity contribution in [3.8, 4) is 6.07 Å². The fourth-order valence-corrected chi connectivity index (χ4v) is 3.67. The zero-order chi connectivity index (χ0) is 15.4. The van der Waals surface area contributed by atoms with Crippen LogP contribution in [0.3, 0.4) is 0 Å². The summed E-state index contributed by atoms with van der Waals surface area (Å²) >= 11 is 1.33. The molecule has 0 bridgehead atoms. The molecule has 114 valence electrons. The second kappa shape index (κ2) is 6.81. The van der Waals surface area contributed by atoms with E-state index in [4.69, 9.17) is 5.73 Å². The second-order valence-corrected chi connectivity index (χ2v) is 6.33. The molecule has 1 heterocycles. The molecule has 21 heavy (non-hydrogen) atoms. The molecule has 1 aliphatic rings. The lowest BCUT2D eigenvalue weighted by molar-refractivity contribution is 0.0960. The number of hydrogen-bond donors (Lipinski definition) is 2. The third-order valence-electron chi connectivity index (χ3n) is 3.95. The van der Waals surface area contributed by atoms with Gasteiger partial charge in [-0.3, -0.25) is 4.79 Å². The van der Waals surface area contributed by atoms with Crippen LogP contribution in [0.4, 0.5) is 10.7 Å². The van der Waals surface area contributed by atoms with Gasteiger partial charge < -0.3 is 16.0 Å². The molecular formula is C15H22N4OS. The average Bonchev–Trinajstić information content (AvgIpc) is 2.75. The van der Waals surface area contributed by atoms with E-state index in [0.717, 1.165) is 18.1 Å². The summed E-state index contributed by atoms with van der Waals surface area (Å²) in [6, 6.07) is 2.17. The number of hydrogen-bond acceptors (Lipinski definition) is 5. The van der Waals surface area contributed by atoms with E-state index in [0.29, 0.717) is 28.6 Å². The first-order valence-electron chi connectivity index (χ1n) is 7.47. The predicted molar refractivity (Wildman–Crippen MR) is 86.7 cm³/mol. The van der Waals surface area contributed by atoms with Crippen molar-refractivity contribution in [2.45, 2.75) is 33.1 Å². The Labute approximate surface area is 129 Å². The van der Waals surface area contributed by atoms with Gasteiger partial charge in [0.15, 0.2) is 0 Å². The van der Waals surface area contributed by atoms with Crippen LogP contribution in [0.25, 0.3) is 0 Å². The first kappa shape index (κ1) is 15.6. The summed E-state index contributed by atoms with van der Waals surface area (Å²) in [5.74, 6) is 0.509. The van der Waals surface area contributed by atoms with E-state index in [1.165, 1.54) is 30.6 Å². The molecule has 0 atom stereocenters. The minimum atomic E-state index is -0.192. The highest BCUT2D eigenvalue weighted by atomic mass is 32.1. The standard InChI is InChI=1S/C15H22N4OS/c1-3-18-14(20)13-12(17)11(8-16)15(21-13)19(4-2)9-10-6-5-7-10/h10H,3-7,9,17H2,1-2H3,(H,18,20). The summed E-state index contributed by atoms with van der Waals surface area (Å²) in [5.41, 5.74) is 6.78. The van der Waals surface area contributed by atoms with Crippen LogP contribution in [0.5, 0.6) is 0 Å². The lowest BCUT2D eigenvalue weighted by Crippen LogP contribution is -2.32. The molecule has 1 saturated carbocycles. The molecule has 6 heteroatoms. The number of carbonyl (C=O) groups is 1. The second-order valence-electron chi connectivity index (χ2n) is 5.33. The Morgan fingerprint density at radius 2 is 2.24 bits per heavy atom. The van der Waals surface area contributed by atoms with Crippen molar-refractivity contribution in [3.63, 3.8) is 0 Å². The Hall–Kier alpha value is -1.74. The summed E-state index contributed by atoms with van der Waals surface area (Å²) in [6.07, 6.45) is 3.80. The van der Waals surface area contributed by atoms with Gasteiger partial charge in [-0.05, 0) is 32.6 Å². The number of amides is 1. The van der Waals surface area contributed by atoms with Crippen molar-refractivity contribution in [1.82, 2.24) is 5.32 Å².